The molecule has 0 aromatic heterocycles. The van der Waals surface area contributed by atoms with Crippen LogP contribution in [-0.4, -0.2) is 12.1 Å². The van der Waals surface area contributed by atoms with Crippen molar-refractivity contribution in [2.24, 2.45) is 0 Å². The number of hydrogen-bond acceptors (Lipinski definition) is 2. The van der Waals surface area contributed by atoms with E-state index in [1.54, 1.807) is 0 Å². The fraction of sp³-hybridized carbons (Fsp3) is 0. The minimum atomic E-state index is -2.01. The Morgan fingerprint density at radius 3 is 2.36 bits per heavy atom. The maximum absolute atomic E-state index is 12.3. The maximum Gasteiger partial charge on any atom is 0.212 e. The molecule has 0 saturated carbocycles. The van der Waals surface area contributed by atoms with Gasteiger partial charge in [0.25, 0.3) is 0 Å². The van der Waals surface area contributed by atoms with Gasteiger partial charge in [-0.15, -0.1) is 0 Å². The first-order valence-corrected chi connectivity index (χ1v) is 2.90. The number of hydrogen-bond donors (Lipinski definition) is 1. The first-order chi connectivity index (χ1) is 5.11. The molecule has 11 heavy (non-hydrogen) atoms. The minimum absolute atomic E-state index is 0.177. The molecule has 2 nitrogen and oxygen atoms in total. The van der Waals surface area contributed by atoms with Crippen LogP contribution >= 0.6 is 0 Å². The van der Waals surface area contributed by atoms with Gasteiger partial charge in [-0.05, 0) is 12.1 Å². The molecule has 58 valence electrons. The van der Waals surface area contributed by atoms with Gasteiger partial charge in [0.2, 0.25) is 7.12 Å². The van der Waals surface area contributed by atoms with E-state index in [2.05, 4.69) is 0 Å². The molecule has 1 aromatic carbocycles. The van der Waals surface area contributed by atoms with Crippen LogP contribution in [0, 0.1) is 11.6 Å². The van der Waals surface area contributed by atoms with Crippen molar-refractivity contribution in [1.82, 2.24) is 0 Å². The van der Waals surface area contributed by atoms with Crippen LogP contribution in [0.4, 0.5) is 8.78 Å². The van der Waals surface area contributed by atoms with Crippen LogP contribution in [0.2, 0.25) is 0 Å². The van der Waals surface area contributed by atoms with Crippen LogP contribution in [0.1, 0.15) is 0 Å². The van der Waals surface area contributed by atoms with Gasteiger partial charge in [0, 0.05) is 0 Å². The summed E-state index contributed by atoms with van der Waals surface area (Å²) in [7, 11) is -2.01. The van der Waals surface area contributed by atoms with Crippen LogP contribution in [0.5, 0.6) is 0 Å². The molecule has 0 atom stereocenters. The van der Waals surface area contributed by atoms with E-state index >= 15 is 0 Å². The Balaban J connectivity index is 3.05. The molecule has 0 aliphatic rings. The molecule has 0 bridgehead atoms. The molecule has 0 heterocycles. The lowest BCUT2D eigenvalue weighted by Gasteiger charge is -2.10. The highest BCUT2D eigenvalue weighted by Crippen LogP contribution is 2.00. The molecule has 0 aliphatic heterocycles. The third kappa shape index (κ3) is 1.75. The summed E-state index contributed by atoms with van der Waals surface area (Å²) in [6.45, 7) is 0. The second-order valence-electron chi connectivity index (χ2n) is 2.03. The Morgan fingerprint density at radius 2 is 1.91 bits per heavy atom. The predicted octanol–water partition coefficient (Wildman–Crippen LogP) is -0.987. The largest absolute Gasteiger partial charge is 0.853 e. The van der Waals surface area contributed by atoms with Gasteiger partial charge < -0.3 is 10.0 Å². The number of rotatable bonds is 1. The van der Waals surface area contributed by atoms with E-state index in [0.29, 0.717) is 6.07 Å². The van der Waals surface area contributed by atoms with Gasteiger partial charge in [-0.2, -0.15) is 0 Å². The third-order valence-corrected chi connectivity index (χ3v) is 1.23. The van der Waals surface area contributed by atoms with Crippen molar-refractivity contribution in [2.75, 3.05) is 0 Å². The zero-order valence-electron chi connectivity index (χ0n) is 5.42. The van der Waals surface area contributed by atoms with Gasteiger partial charge in [0.05, 0.1) is 0 Å². The smallest absolute Gasteiger partial charge is 0.212 e. The summed E-state index contributed by atoms with van der Waals surface area (Å²) in [4.78, 5) is 0. The number of benzene rings is 1. The molecule has 0 spiro atoms. The minimum Gasteiger partial charge on any atom is -0.853 e. The van der Waals surface area contributed by atoms with Gasteiger partial charge in [0.15, 0.2) is 11.6 Å². The molecular formula is C6H4BF2O2-. The summed E-state index contributed by atoms with van der Waals surface area (Å²) >= 11 is 0. The van der Waals surface area contributed by atoms with Gasteiger partial charge in [-0.25, -0.2) is 8.78 Å². The van der Waals surface area contributed by atoms with Crippen LogP contribution in [-0.2, 0) is 0 Å². The Morgan fingerprint density at radius 1 is 1.27 bits per heavy atom. The summed E-state index contributed by atoms with van der Waals surface area (Å²) in [5.74, 6) is -2.16. The molecule has 1 N–H and O–H groups in total. The molecule has 1 aromatic rings. The van der Waals surface area contributed by atoms with Crippen molar-refractivity contribution >= 4 is 12.6 Å². The zero-order valence-corrected chi connectivity index (χ0v) is 5.42. The molecule has 0 radical (unpaired) electrons. The molecule has 1 rings (SSSR count). The lowest BCUT2D eigenvalue weighted by molar-refractivity contribution is -0.211. The van der Waals surface area contributed by atoms with Gasteiger partial charge in [-0.1, -0.05) is 11.5 Å². The van der Waals surface area contributed by atoms with E-state index in [9.17, 15) is 13.8 Å². The number of halogens is 2. The van der Waals surface area contributed by atoms with Gasteiger partial charge in [0.1, 0.15) is 0 Å². The summed E-state index contributed by atoms with van der Waals surface area (Å²) in [5.41, 5.74) is -0.177. The van der Waals surface area contributed by atoms with Gasteiger partial charge in [-0.3, -0.25) is 0 Å². The van der Waals surface area contributed by atoms with E-state index < -0.39 is 18.8 Å². The average molecular weight is 157 g/mol. The van der Waals surface area contributed by atoms with Crippen LogP contribution in [0.25, 0.3) is 0 Å². The van der Waals surface area contributed by atoms with Crippen LogP contribution < -0.4 is 10.5 Å². The fourth-order valence-corrected chi connectivity index (χ4v) is 0.666. The van der Waals surface area contributed by atoms with Crippen molar-refractivity contribution in [2.45, 2.75) is 0 Å². The highest BCUT2D eigenvalue weighted by molar-refractivity contribution is 6.56. The van der Waals surface area contributed by atoms with Crippen molar-refractivity contribution in [3.05, 3.63) is 29.8 Å². The van der Waals surface area contributed by atoms with Gasteiger partial charge >= 0.3 is 0 Å². The standard InChI is InChI=1S/C6H4BF2O2/c8-5-2-1-4(7(10)11)3-6(5)9/h1-3,10H/q-1. The third-order valence-electron chi connectivity index (χ3n) is 1.23. The van der Waals surface area contributed by atoms with Crippen LogP contribution in [0.3, 0.4) is 0 Å². The van der Waals surface area contributed by atoms with Crippen molar-refractivity contribution in [3.63, 3.8) is 0 Å². The van der Waals surface area contributed by atoms with E-state index in [1.165, 1.54) is 0 Å². The van der Waals surface area contributed by atoms with E-state index in [0.717, 1.165) is 12.1 Å². The second kappa shape index (κ2) is 2.98. The Kier molecular flexibility index (Phi) is 2.21. The molecule has 0 saturated heterocycles. The predicted molar refractivity (Wildman–Crippen MR) is 34.0 cm³/mol. The SMILES string of the molecule is [O-]B(O)c1ccc(F)c(F)c1. The monoisotopic (exact) mass is 157 g/mol. The lowest BCUT2D eigenvalue weighted by atomic mass is 9.80. The maximum atomic E-state index is 12.3. The fourth-order valence-electron chi connectivity index (χ4n) is 0.666. The Bertz CT molecular complexity index is 265. The summed E-state index contributed by atoms with van der Waals surface area (Å²) < 4.78 is 24.5. The van der Waals surface area contributed by atoms with E-state index in [4.69, 9.17) is 5.02 Å². The molecule has 0 amide bonds. The van der Waals surface area contributed by atoms with Crippen molar-refractivity contribution in [1.29, 1.82) is 0 Å². The highest BCUT2D eigenvalue weighted by Gasteiger charge is 2.03. The van der Waals surface area contributed by atoms with E-state index in [-0.39, 0.29) is 5.46 Å². The topological polar surface area (TPSA) is 43.3 Å². The van der Waals surface area contributed by atoms with Crippen molar-refractivity contribution in [3.8, 4) is 0 Å². The zero-order chi connectivity index (χ0) is 8.43. The molecule has 0 fully saturated rings. The molecule has 5 heteroatoms. The lowest BCUT2D eigenvalue weighted by Crippen LogP contribution is -2.43. The quantitative estimate of drug-likeness (QED) is 0.532. The summed E-state index contributed by atoms with van der Waals surface area (Å²) in [5, 5.41) is 18.7. The highest BCUT2D eigenvalue weighted by atomic mass is 19.2. The van der Waals surface area contributed by atoms with E-state index in [1.807, 2.05) is 0 Å². The molecule has 0 unspecified atom stereocenters. The first kappa shape index (κ1) is 8.16. The second-order valence-corrected chi connectivity index (χ2v) is 2.03. The molecule has 0 aliphatic carbocycles. The Hall–Kier alpha value is -0.935. The summed E-state index contributed by atoms with van der Waals surface area (Å²) in [6.07, 6.45) is 0. The molecular weight excluding hydrogens is 153 g/mol. The average Bonchev–Trinajstić information content (AvgIpc) is 1.94. The normalized spacial score (nSPS) is 9.82. The van der Waals surface area contributed by atoms with Crippen molar-refractivity contribution < 1.29 is 18.8 Å². The van der Waals surface area contributed by atoms with Crippen LogP contribution in [0.15, 0.2) is 18.2 Å². The summed E-state index contributed by atoms with van der Waals surface area (Å²) in [6, 6.07) is 2.51. The first-order valence-electron chi connectivity index (χ1n) is 2.90. The Labute approximate surface area is 62.2 Å².